The summed E-state index contributed by atoms with van der Waals surface area (Å²) in [7, 11) is 0. The highest BCUT2D eigenvalue weighted by Gasteiger charge is 2.13. The van der Waals surface area contributed by atoms with Crippen LogP contribution in [-0.4, -0.2) is 47.9 Å². The molecule has 0 bridgehead atoms. The van der Waals surface area contributed by atoms with Crippen molar-refractivity contribution < 1.29 is 14.3 Å². The SMILES string of the molecule is CCCN(CCC)C(=O)CSCC(=O)Nc1ccccc1OCC. The first-order valence-electron chi connectivity index (χ1n) is 8.49. The van der Waals surface area contributed by atoms with Crippen LogP contribution in [0.3, 0.4) is 0 Å². The number of nitrogens with one attached hydrogen (secondary N) is 1. The summed E-state index contributed by atoms with van der Waals surface area (Å²) in [5, 5.41) is 2.84. The summed E-state index contributed by atoms with van der Waals surface area (Å²) in [5.74, 6) is 1.22. The van der Waals surface area contributed by atoms with E-state index >= 15 is 0 Å². The quantitative estimate of drug-likeness (QED) is 0.663. The number of ether oxygens (including phenoxy) is 1. The molecule has 5 nitrogen and oxygen atoms in total. The molecule has 0 atom stereocenters. The van der Waals surface area contributed by atoms with Gasteiger partial charge in [-0.05, 0) is 31.9 Å². The fourth-order valence-electron chi connectivity index (χ4n) is 2.26. The van der Waals surface area contributed by atoms with Crippen molar-refractivity contribution in [1.29, 1.82) is 0 Å². The average molecular weight is 353 g/mol. The van der Waals surface area contributed by atoms with Crippen molar-refractivity contribution >= 4 is 29.3 Å². The third-order valence-electron chi connectivity index (χ3n) is 3.26. The molecule has 0 heterocycles. The van der Waals surface area contributed by atoms with Crippen LogP contribution in [0.4, 0.5) is 5.69 Å². The Kier molecular flexibility index (Phi) is 10.00. The number of thioether (sulfide) groups is 1. The molecular weight excluding hydrogens is 324 g/mol. The number of hydrogen-bond donors (Lipinski definition) is 1. The Morgan fingerprint density at radius 2 is 1.75 bits per heavy atom. The molecule has 0 aromatic heterocycles. The maximum atomic E-state index is 12.2. The monoisotopic (exact) mass is 352 g/mol. The summed E-state index contributed by atoms with van der Waals surface area (Å²) in [6.45, 7) is 8.13. The molecule has 0 saturated heterocycles. The largest absolute Gasteiger partial charge is 0.492 e. The minimum Gasteiger partial charge on any atom is -0.492 e. The van der Waals surface area contributed by atoms with E-state index in [-0.39, 0.29) is 17.6 Å². The van der Waals surface area contributed by atoms with E-state index < -0.39 is 0 Å². The van der Waals surface area contributed by atoms with Crippen LogP contribution < -0.4 is 10.1 Å². The normalized spacial score (nSPS) is 10.3. The van der Waals surface area contributed by atoms with Gasteiger partial charge in [0.15, 0.2) is 0 Å². The van der Waals surface area contributed by atoms with Crippen molar-refractivity contribution in [2.75, 3.05) is 36.5 Å². The molecule has 0 fully saturated rings. The van der Waals surface area contributed by atoms with Crippen LogP contribution in [0, 0.1) is 0 Å². The molecule has 1 rings (SSSR count). The van der Waals surface area contributed by atoms with Crippen LogP contribution in [0.25, 0.3) is 0 Å². The van der Waals surface area contributed by atoms with E-state index in [9.17, 15) is 9.59 Å². The third-order valence-corrected chi connectivity index (χ3v) is 4.18. The van der Waals surface area contributed by atoms with E-state index in [2.05, 4.69) is 19.2 Å². The van der Waals surface area contributed by atoms with Crippen molar-refractivity contribution in [1.82, 2.24) is 4.90 Å². The first-order valence-corrected chi connectivity index (χ1v) is 9.64. The molecule has 0 aliphatic heterocycles. The maximum absolute atomic E-state index is 12.2. The molecule has 0 spiro atoms. The van der Waals surface area contributed by atoms with E-state index in [4.69, 9.17) is 4.74 Å². The van der Waals surface area contributed by atoms with Crippen molar-refractivity contribution in [3.63, 3.8) is 0 Å². The zero-order valence-corrected chi connectivity index (χ0v) is 15.7. The highest BCUT2D eigenvalue weighted by molar-refractivity contribution is 8.00. The van der Waals surface area contributed by atoms with E-state index in [1.165, 1.54) is 11.8 Å². The Morgan fingerprint density at radius 3 is 2.38 bits per heavy atom. The second kappa shape index (κ2) is 11.8. The Balaban J connectivity index is 2.42. The number of hydrogen-bond acceptors (Lipinski definition) is 4. The third kappa shape index (κ3) is 7.25. The number of para-hydroxylation sites is 2. The van der Waals surface area contributed by atoms with Gasteiger partial charge in [-0.2, -0.15) is 0 Å². The summed E-state index contributed by atoms with van der Waals surface area (Å²) in [6.07, 6.45) is 1.90. The van der Waals surface area contributed by atoms with Crippen LogP contribution >= 0.6 is 11.8 Å². The topological polar surface area (TPSA) is 58.6 Å². The first-order chi connectivity index (χ1) is 11.6. The molecule has 0 aliphatic carbocycles. The van der Waals surface area contributed by atoms with Crippen molar-refractivity contribution in [2.24, 2.45) is 0 Å². The minimum atomic E-state index is -0.127. The maximum Gasteiger partial charge on any atom is 0.234 e. The van der Waals surface area contributed by atoms with Crippen LogP contribution in [0.1, 0.15) is 33.6 Å². The van der Waals surface area contributed by atoms with Crippen LogP contribution in [0.15, 0.2) is 24.3 Å². The molecule has 1 aromatic carbocycles. The van der Waals surface area contributed by atoms with Crippen molar-refractivity contribution in [3.8, 4) is 5.75 Å². The van der Waals surface area contributed by atoms with Gasteiger partial charge >= 0.3 is 0 Å². The number of carbonyl (C=O) groups excluding carboxylic acids is 2. The predicted molar refractivity (Wildman–Crippen MR) is 101 cm³/mol. The molecule has 0 aliphatic rings. The zero-order valence-electron chi connectivity index (χ0n) is 14.8. The van der Waals surface area contributed by atoms with Gasteiger partial charge in [0, 0.05) is 13.1 Å². The number of anilines is 1. The number of benzene rings is 1. The standard InChI is InChI=1S/C18H28N2O3S/c1-4-11-20(12-5-2)18(22)14-24-13-17(21)19-15-9-7-8-10-16(15)23-6-3/h7-10H,4-6,11-14H2,1-3H3,(H,19,21). The van der Waals surface area contributed by atoms with Crippen molar-refractivity contribution in [3.05, 3.63) is 24.3 Å². The predicted octanol–water partition coefficient (Wildman–Crippen LogP) is 3.41. The number of nitrogens with zero attached hydrogens (tertiary/aromatic N) is 1. The Morgan fingerprint density at radius 1 is 1.08 bits per heavy atom. The molecule has 24 heavy (non-hydrogen) atoms. The van der Waals surface area contributed by atoms with Gasteiger partial charge in [0.1, 0.15) is 5.75 Å². The van der Waals surface area contributed by atoms with Gasteiger partial charge in [-0.1, -0.05) is 26.0 Å². The van der Waals surface area contributed by atoms with Gasteiger partial charge in [-0.15, -0.1) is 11.8 Å². The summed E-state index contributed by atoms with van der Waals surface area (Å²) in [4.78, 5) is 26.1. The zero-order chi connectivity index (χ0) is 17.8. The number of rotatable bonds is 11. The lowest BCUT2D eigenvalue weighted by Gasteiger charge is -2.21. The van der Waals surface area contributed by atoms with E-state index in [0.29, 0.717) is 23.8 Å². The average Bonchev–Trinajstić information content (AvgIpc) is 2.56. The Hall–Kier alpha value is -1.69. The van der Waals surface area contributed by atoms with Gasteiger partial charge in [0.05, 0.1) is 23.8 Å². The highest BCUT2D eigenvalue weighted by atomic mass is 32.2. The molecule has 0 saturated carbocycles. The highest BCUT2D eigenvalue weighted by Crippen LogP contribution is 2.23. The Bertz CT molecular complexity index is 517. The second-order valence-electron chi connectivity index (χ2n) is 5.35. The van der Waals surface area contributed by atoms with Crippen LogP contribution in [0.5, 0.6) is 5.75 Å². The summed E-state index contributed by atoms with van der Waals surface area (Å²) in [6, 6.07) is 7.35. The van der Waals surface area contributed by atoms with E-state index in [0.717, 1.165) is 25.9 Å². The van der Waals surface area contributed by atoms with Crippen LogP contribution in [0.2, 0.25) is 0 Å². The van der Waals surface area contributed by atoms with E-state index in [1.807, 2.05) is 36.1 Å². The second-order valence-corrected chi connectivity index (χ2v) is 6.34. The van der Waals surface area contributed by atoms with Crippen LogP contribution in [-0.2, 0) is 9.59 Å². The number of carbonyl (C=O) groups is 2. The molecule has 6 heteroatoms. The fraction of sp³-hybridized carbons (Fsp3) is 0.556. The summed E-state index contributed by atoms with van der Waals surface area (Å²) < 4.78 is 5.48. The molecular formula is C18H28N2O3S. The van der Waals surface area contributed by atoms with Gasteiger partial charge in [-0.25, -0.2) is 0 Å². The van der Waals surface area contributed by atoms with Gasteiger partial charge in [0.25, 0.3) is 0 Å². The molecule has 0 radical (unpaired) electrons. The minimum absolute atomic E-state index is 0.103. The molecule has 0 unspecified atom stereocenters. The number of amides is 2. The molecule has 2 amide bonds. The lowest BCUT2D eigenvalue weighted by Crippen LogP contribution is -2.34. The van der Waals surface area contributed by atoms with Gasteiger partial charge < -0.3 is 15.0 Å². The van der Waals surface area contributed by atoms with Gasteiger partial charge in [-0.3, -0.25) is 9.59 Å². The van der Waals surface area contributed by atoms with E-state index in [1.54, 1.807) is 0 Å². The summed E-state index contributed by atoms with van der Waals surface area (Å²) in [5.41, 5.74) is 0.662. The first kappa shape index (κ1) is 20.4. The Labute approximate surface area is 149 Å². The lowest BCUT2D eigenvalue weighted by molar-refractivity contribution is -0.128. The fourth-order valence-corrected chi connectivity index (χ4v) is 2.98. The molecule has 1 N–H and O–H groups in total. The molecule has 1 aromatic rings. The van der Waals surface area contributed by atoms with Gasteiger partial charge in [0.2, 0.25) is 11.8 Å². The summed E-state index contributed by atoms with van der Waals surface area (Å²) >= 11 is 1.34. The smallest absolute Gasteiger partial charge is 0.234 e. The lowest BCUT2D eigenvalue weighted by atomic mass is 10.3. The molecule has 134 valence electrons. The van der Waals surface area contributed by atoms with Crippen molar-refractivity contribution in [2.45, 2.75) is 33.6 Å².